The average molecular weight is 393 g/mol. The Morgan fingerprint density at radius 1 is 1.30 bits per heavy atom. The van der Waals surface area contributed by atoms with Gasteiger partial charge in [0, 0.05) is 34.5 Å². The maximum Gasteiger partial charge on any atom is 0.251 e. The number of anilines is 1. The van der Waals surface area contributed by atoms with Crippen LogP contribution in [0.4, 0.5) is 5.69 Å². The van der Waals surface area contributed by atoms with Crippen LogP contribution in [-0.2, 0) is 0 Å². The first-order chi connectivity index (χ1) is 13.2. The van der Waals surface area contributed by atoms with Crippen molar-refractivity contribution < 1.29 is 4.79 Å². The topological polar surface area (TPSA) is 80.9 Å². The van der Waals surface area contributed by atoms with E-state index in [-0.39, 0.29) is 5.91 Å². The van der Waals surface area contributed by atoms with Crippen LogP contribution < -0.4 is 11.1 Å². The number of nitrogen functional groups attached to an aromatic ring is 1. The molecule has 3 aromatic heterocycles. The summed E-state index contributed by atoms with van der Waals surface area (Å²) in [4.78, 5) is 22.3. The van der Waals surface area contributed by atoms with E-state index >= 15 is 0 Å². The van der Waals surface area contributed by atoms with E-state index in [2.05, 4.69) is 16.9 Å². The molecular formula is C20H16N4OS2. The summed E-state index contributed by atoms with van der Waals surface area (Å²) < 4.78 is 0. The Labute approximate surface area is 164 Å². The van der Waals surface area contributed by atoms with E-state index in [0.29, 0.717) is 17.8 Å². The Bertz CT molecular complexity index is 1130. The molecular weight excluding hydrogens is 376 g/mol. The van der Waals surface area contributed by atoms with Gasteiger partial charge in [-0.3, -0.25) is 4.79 Å². The van der Waals surface area contributed by atoms with Crippen LogP contribution in [0.1, 0.15) is 10.4 Å². The summed E-state index contributed by atoms with van der Waals surface area (Å²) in [5.74, 6) is -0.138. The summed E-state index contributed by atoms with van der Waals surface area (Å²) in [6, 6.07) is 9.50. The molecule has 0 saturated carbocycles. The SMILES string of the molecule is C=CCNC(=O)c1cccc(-c2cc(-c3nccs3)nc3scc(N)c23)c1. The minimum atomic E-state index is -0.138. The maximum absolute atomic E-state index is 12.3. The van der Waals surface area contributed by atoms with E-state index in [4.69, 9.17) is 10.7 Å². The van der Waals surface area contributed by atoms with Gasteiger partial charge >= 0.3 is 0 Å². The third-order valence-electron chi connectivity index (χ3n) is 4.07. The lowest BCUT2D eigenvalue weighted by Crippen LogP contribution is -2.23. The smallest absolute Gasteiger partial charge is 0.251 e. The number of fused-ring (bicyclic) bond motifs is 1. The van der Waals surface area contributed by atoms with Crippen LogP contribution in [0.2, 0.25) is 0 Å². The fourth-order valence-electron chi connectivity index (χ4n) is 2.85. The van der Waals surface area contributed by atoms with Gasteiger partial charge in [0.2, 0.25) is 0 Å². The maximum atomic E-state index is 12.3. The van der Waals surface area contributed by atoms with Crippen LogP contribution in [0.25, 0.3) is 32.0 Å². The summed E-state index contributed by atoms with van der Waals surface area (Å²) in [5.41, 5.74) is 10.1. The molecule has 0 aliphatic heterocycles. The highest BCUT2D eigenvalue weighted by molar-refractivity contribution is 7.17. The molecule has 3 heterocycles. The van der Waals surface area contributed by atoms with Crippen LogP contribution in [0, 0.1) is 0 Å². The highest BCUT2D eigenvalue weighted by Crippen LogP contribution is 2.38. The van der Waals surface area contributed by atoms with Crippen molar-refractivity contribution in [1.82, 2.24) is 15.3 Å². The molecule has 3 N–H and O–H groups in total. The number of amides is 1. The van der Waals surface area contributed by atoms with Crippen LogP contribution in [0.5, 0.6) is 0 Å². The van der Waals surface area contributed by atoms with Gasteiger partial charge < -0.3 is 11.1 Å². The molecule has 4 aromatic rings. The first-order valence-electron chi connectivity index (χ1n) is 8.24. The van der Waals surface area contributed by atoms with E-state index in [1.807, 2.05) is 35.0 Å². The predicted molar refractivity (Wildman–Crippen MR) is 113 cm³/mol. The van der Waals surface area contributed by atoms with Crippen molar-refractivity contribution in [3.05, 3.63) is 65.5 Å². The highest BCUT2D eigenvalue weighted by atomic mass is 32.1. The Morgan fingerprint density at radius 2 is 2.19 bits per heavy atom. The van der Waals surface area contributed by atoms with E-state index in [0.717, 1.165) is 32.0 Å². The number of hydrogen-bond acceptors (Lipinski definition) is 6. The third-order valence-corrected chi connectivity index (χ3v) is 5.75. The Hall–Kier alpha value is -3.03. The number of thiazole rings is 1. The lowest BCUT2D eigenvalue weighted by atomic mass is 9.99. The first-order valence-corrected chi connectivity index (χ1v) is 10.0. The second-order valence-electron chi connectivity index (χ2n) is 5.84. The molecule has 1 aromatic carbocycles. The molecule has 0 fully saturated rings. The van der Waals surface area contributed by atoms with Crippen LogP contribution in [0.3, 0.4) is 0 Å². The number of pyridine rings is 1. The normalized spacial score (nSPS) is 10.8. The highest BCUT2D eigenvalue weighted by Gasteiger charge is 2.16. The Balaban J connectivity index is 1.87. The molecule has 134 valence electrons. The summed E-state index contributed by atoms with van der Waals surface area (Å²) in [5, 5.41) is 8.38. The molecule has 0 spiro atoms. The fraction of sp³-hybridized carbons (Fsp3) is 0.0500. The van der Waals surface area contributed by atoms with Crippen molar-refractivity contribution >= 4 is 44.5 Å². The number of hydrogen-bond donors (Lipinski definition) is 2. The summed E-state index contributed by atoms with van der Waals surface area (Å²) in [7, 11) is 0. The molecule has 0 aliphatic carbocycles. The van der Waals surface area contributed by atoms with Gasteiger partial charge in [0.05, 0.1) is 5.69 Å². The van der Waals surface area contributed by atoms with Crippen molar-refractivity contribution in [3.8, 4) is 21.8 Å². The number of nitrogens with zero attached hydrogens (tertiary/aromatic N) is 2. The lowest BCUT2D eigenvalue weighted by Gasteiger charge is -2.09. The third kappa shape index (κ3) is 3.34. The monoisotopic (exact) mass is 392 g/mol. The van der Waals surface area contributed by atoms with Gasteiger partial charge in [0.15, 0.2) is 0 Å². The van der Waals surface area contributed by atoms with E-state index in [1.165, 1.54) is 22.7 Å². The van der Waals surface area contributed by atoms with E-state index < -0.39 is 0 Å². The molecule has 0 saturated heterocycles. The second kappa shape index (κ2) is 7.30. The molecule has 27 heavy (non-hydrogen) atoms. The number of thiophene rings is 1. The molecule has 0 radical (unpaired) electrons. The number of carbonyl (C=O) groups excluding carboxylic acids is 1. The summed E-state index contributed by atoms with van der Waals surface area (Å²) in [6.45, 7) is 4.05. The minimum absolute atomic E-state index is 0.138. The van der Waals surface area contributed by atoms with Gasteiger partial charge in [0.1, 0.15) is 15.5 Å². The molecule has 7 heteroatoms. The summed E-state index contributed by atoms with van der Waals surface area (Å²) >= 11 is 3.04. The van der Waals surface area contributed by atoms with Gasteiger partial charge in [-0.1, -0.05) is 18.2 Å². The molecule has 4 rings (SSSR count). The zero-order valence-electron chi connectivity index (χ0n) is 14.3. The van der Waals surface area contributed by atoms with Crippen molar-refractivity contribution in [1.29, 1.82) is 0 Å². The first kappa shape index (κ1) is 17.4. The fourth-order valence-corrected chi connectivity index (χ4v) is 4.30. The molecule has 1 amide bonds. The molecule has 0 aliphatic rings. The standard InChI is InChI=1S/C20H16N4OS2/c1-2-6-22-18(25)13-5-3-4-12(9-13)14-10-16(19-23-7-8-26-19)24-20-17(14)15(21)11-27-20/h2-5,7-11H,1,6,21H2,(H,22,25). The van der Waals surface area contributed by atoms with Crippen LogP contribution >= 0.6 is 22.7 Å². The molecule has 0 atom stereocenters. The van der Waals surface area contributed by atoms with E-state index in [9.17, 15) is 4.79 Å². The number of nitrogens with two attached hydrogens (primary N) is 1. The number of rotatable bonds is 5. The zero-order valence-corrected chi connectivity index (χ0v) is 15.9. The molecule has 0 bridgehead atoms. The van der Waals surface area contributed by atoms with Crippen LogP contribution in [-0.4, -0.2) is 22.4 Å². The van der Waals surface area contributed by atoms with Crippen molar-refractivity contribution in [2.45, 2.75) is 0 Å². The largest absolute Gasteiger partial charge is 0.397 e. The summed E-state index contributed by atoms with van der Waals surface area (Å²) in [6.07, 6.45) is 3.42. The molecule has 0 unspecified atom stereocenters. The second-order valence-corrected chi connectivity index (χ2v) is 7.60. The number of benzene rings is 1. The van der Waals surface area contributed by atoms with Gasteiger partial charge in [-0.15, -0.1) is 29.3 Å². The lowest BCUT2D eigenvalue weighted by molar-refractivity contribution is 0.0958. The quantitative estimate of drug-likeness (QED) is 0.487. The average Bonchev–Trinajstić information content (AvgIpc) is 3.36. The van der Waals surface area contributed by atoms with E-state index in [1.54, 1.807) is 18.3 Å². The van der Waals surface area contributed by atoms with Crippen molar-refractivity contribution in [2.24, 2.45) is 0 Å². The van der Waals surface area contributed by atoms with Crippen molar-refractivity contribution in [2.75, 3.05) is 12.3 Å². The molecule has 5 nitrogen and oxygen atoms in total. The van der Waals surface area contributed by atoms with Gasteiger partial charge in [0.25, 0.3) is 5.91 Å². The minimum Gasteiger partial charge on any atom is -0.397 e. The number of aromatic nitrogens is 2. The van der Waals surface area contributed by atoms with Gasteiger partial charge in [-0.2, -0.15) is 0 Å². The zero-order chi connectivity index (χ0) is 18.8. The number of carbonyl (C=O) groups is 1. The van der Waals surface area contributed by atoms with Crippen molar-refractivity contribution in [3.63, 3.8) is 0 Å². The van der Waals surface area contributed by atoms with Gasteiger partial charge in [-0.25, -0.2) is 9.97 Å². The Morgan fingerprint density at radius 3 is 2.96 bits per heavy atom. The predicted octanol–water partition coefficient (Wildman–Crippen LogP) is 4.58. The number of nitrogens with one attached hydrogen (secondary N) is 1. The Kier molecular flexibility index (Phi) is 4.70. The van der Waals surface area contributed by atoms with Gasteiger partial charge in [-0.05, 0) is 29.3 Å². The van der Waals surface area contributed by atoms with Crippen LogP contribution in [0.15, 0.2) is 59.9 Å².